The number of rotatable bonds is 7. The highest BCUT2D eigenvalue weighted by Crippen LogP contribution is 2.22. The van der Waals surface area contributed by atoms with Crippen LogP contribution >= 0.6 is 11.6 Å². The molecule has 0 aromatic heterocycles. The molecule has 1 aromatic carbocycles. The highest BCUT2D eigenvalue weighted by atomic mass is 35.5. The number of halogens is 1. The van der Waals surface area contributed by atoms with Gasteiger partial charge in [0.1, 0.15) is 5.75 Å². The second kappa shape index (κ2) is 7.88. The van der Waals surface area contributed by atoms with Crippen LogP contribution in [0, 0.1) is 12.8 Å². The SMILES string of the molecule is Cc1cc(Cl)ccc1OC(C)C(=O)NCCC(C)C(=O)O. The summed E-state index contributed by atoms with van der Waals surface area (Å²) in [6.07, 6.45) is -0.279. The number of carbonyl (C=O) groups excluding carboxylic acids is 1. The second-order valence-corrected chi connectivity index (χ2v) is 5.43. The zero-order valence-corrected chi connectivity index (χ0v) is 13.1. The molecule has 2 unspecified atom stereocenters. The Morgan fingerprint density at radius 2 is 2.05 bits per heavy atom. The fourth-order valence-corrected chi connectivity index (χ4v) is 1.89. The van der Waals surface area contributed by atoms with Crippen LogP contribution in [0.3, 0.4) is 0 Å². The van der Waals surface area contributed by atoms with Gasteiger partial charge in [0.2, 0.25) is 0 Å². The van der Waals surface area contributed by atoms with E-state index < -0.39 is 18.0 Å². The number of amides is 1. The summed E-state index contributed by atoms with van der Waals surface area (Å²) in [5.74, 6) is -1.03. The lowest BCUT2D eigenvalue weighted by molar-refractivity contribution is -0.141. The van der Waals surface area contributed by atoms with Crippen LogP contribution in [-0.2, 0) is 9.59 Å². The standard InChI is InChI=1S/C15H20ClNO4/c1-9(15(19)20)6-7-17-14(18)11(3)21-13-5-4-12(16)8-10(13)2/h4-5,8-9,11H,6-7H2,1-3H3,(H,17,18)(H,19,20). The molecule has 1 rings (SSSR count). The van der Waals surface area contributed by atoms with Gasteiger partial charge in [-0.3, -0.25) is 9.59 Å². The first-order valence-corrected chi connectivity index (χ1v) is 7.12. The Hall–Kier alpha value is -1.75. The van der Waals surface area contributed by atoms with Gasteiger partial charge in [0.15, 0.2) is 6.10 Å². The van der Waals surface area contributed by atoms with Crippen molar-refractivity contribution in [3.8, 4) is 5.75 Å². The molecule has 2 N–H and O–H groups in total. The molecule has 0 bridgehead atoms. The van der Waals surface area contributed by atoms with Gasteiger partial charge in [0.25, 0.3) is 5.91 Å². The van der Waals surface area contributed by atoms with Gasteiger partial charge in [-0.2, -0.15) is 0 Å². The maximum absolute atomic E-state index is 11.9. The molecule has 0 aliphatic carbocycles. The van der Waals surface area contributed by atoms with Crippen LogP contribution in [0.4, 0.5) is 0 Å². The van der Waals surface area contributed by atoms with Crippen molar-refractivity contribution in [2.75, 3.05) is 6.54 Å². The number of benzene rings is 1. The highest BCUT2D eigenvalue weighted by Gasteiger charge is 2.16. The van der Waals surface area contributed by atoms with Gasteiger partial charge in [-0.15, -0.1) is 0 Å². The zero-order chi connectivity index (χ0) is 16.0. The van der Waals surface area contributed by atoms with Crippen molar-refractivity contribution in [1.82, 2.24) is 5.32 Å². The number of hydrogen-bond donors (Lipinski definition) is 2. The van der Waals surface area contributed by atoms with Crippen molar-refractivity contribution in [1.29, 1.82) is 0 Å². The number of carboxylic acid groups (broad SMARTS) is 1. The fourth-order valence-electron chi connectivity index (χ4n) is 1.67. The van der Waals surface area contributed by atoms with Crippen LogP contribution in [-0.4, -0.2) is 29.6 Å². The van der Waals surface area contributed by atoms with E-state index in [1.807, 2.05) is 6.92 Å². The van der Waals surface area contributed by atoms with Gasteiger partial charge in [-0.05, 0) is 44.0 Å². The number of carbonyl (C=O) groups is 2. The average molecular weight is 314 g/mol. The normalized spacial score (nSPS) is 13.3. The van der Waals surface area contributed by atoms with E-state index in [-0.39, 0.29) is 5.91 Å². The molecule has 0 spiro atoms. The molecule has 0 saturated carbocycles. The Balaban J connectivity index is 2.46. The van der Waals surface area contributed by atoms with Crippen molar-refractivity contribution in [3.63, 3.8) is 0 Å². The molecule has 0 heterocycles. The van der Waals surface area contributed by atoms with Gasteiger partial charge < -0.3 is 15.2 Å². The molecule has 2 atom stereocenters. The minimum Gasteiger partial charge on any atom is -0.481 e. The Morgan fingerprint density at radius 3 is 2.62 bits per heavy atom. The number of nitrogens with one attached hydrogen (secondary N) is 1. The van der Waals surface area contributed by atoms with Crippen LogP contribution in [0.15, 0.2) is 18.2 Å². The van der Waals surface area contributed by atoms with E-state index in [1.54, 1.807) is 32.0 Å². The Morgan fingerprint density at radius 1 is 1.38 bits per heavy atom. The third-order valence-electron chi connectivity index (χ3n) is 3.11. The molecule has 5 nitrogen and oxygen atoms in total. The van der Waals surface area contributed by atoms with Gasteiger partial charge in [-0.1, -0.05) is 18.5 Å². The number of ether oxygens (including phenoxy) is 1. The first kappa shape index (κ1) is 17.3. The van der Waals surface area contributed by atoms with Gasteiger partial charge in [0, 0.05) is 11.6 Å². The number of aliphatic carboxylic acids is 1. The molecule has 0 radical (unpaired) electrons. The predicted octanol–water partition coefficient (Wildman–Crippen LogP) is 2.64. The number of hydrogen-bond acceptors (Lipinski definition) is 3. The van der Waals surface area contributed by atoms with E-state index in [2.05, 4.69) is 5.32 Å². The maximum Gasteiger partial charge on any atom is 0.306 e. The summed E-state index contributed by atoms with van der Waals surface area (Å²) in [7, 11) is 0. The summed E-state index contributed by atoms with van der Waals surface area (Å²) < 4.78 is 5.58. The summed E-state index contributed by atoms with van der Waals surface area (Å²) in [6.45, 7) is 5.40. The predicted molar refractivity (Wildman–Crippen MR) is 80.7 cm³/mol. The average Bonchev–Trinajstić information content (AvgIpc) is 2.41. The van der Waals surface area contributed by atoms with Gasteiger partial charge >= 0.3 is 5.97 Å². The van der Waals surface area contributed by atoms with Crippen LogP contribution < -0.4 is 10.1 Å². The molecule has 116 valence electrons. The van der Waals surface area contributed by atoms with Gasteiger partial charge in [0.05, 0.1) is 5.92 Å². The van der Waals surface area contributed by atoms with Crippen molar-refractivity contribution in [3.05, 3.63) is 28.8 Å². The smallest absolute Gasteiger partial charge is 0.306 e. The second-order valence-electron chi connectivity index (χ2n) is 4.99. The summed E-state index contributed by atoms with van der Waals surface area (Å²) >= 11 is 5.86. The monoisotopic (exact) mass is 313 g/mol. The Bertz CT molecular complexity index is 518. The Labute approximate surface area is 129 Å². The van der Waals surface area contributed by atoms with E-state index in [0.29, 0.717) is 23.7 Å². The Kier molecular flexibility index (Phi) is 6.49. The lowest BCUT2D eigenvalue weighted by Crippen LogP contribution is -2.37. The molecule has 1 amide bonds. The molecule has 0 fully saturated rings. The molecule has 0 aliphatic rings. The van der Waals surface area contributed by atoms with Crippen molar-refractivity contribution >= 4 is 23.5 Å². The molecule has 6 heteroatoms. The lowest BCUT2D eigenvalue weighted by Gasteiger charge is -2.16. The van der Waals surface area contributed by atoms with Crippen LogP contribution in [0.25, 0.3) is 0 Å². The minimum absolute atomic E-state index is 0.276. The summed E-state index contributed by atoms with van der Waals surface area (Å²) in [5, 5.41) is 12.0. The molecule has 1 aromatic rings. The number of aryl methyl sites for hydroxylation is 1. The van der Waals surface area contributed by atoms with Crippen LogP contribution in [0.2, 0.25) is 5.02 Å². The lowest BCUT2D eigenvalue weighted by atomic mass is 10.1. The summed E-state index contributed by atoms with van der Waals surface area (Å²) in [6, 6.07) is 5.17. The third-order valence-corrected chi connectivity index (χ3v) is 3.34. The van der Waals surface area contributed by atoms with Crippen molar-refractivity contribution in [2.24, 2.45) is 5.92 Å². The molecule has 21 heavy (non-hydrogen) atoms. The molecular formula is C15H20ClNO4. The fraction of sp³-hybridized carbons (Fsp3) is 0.467. The van der Waals surface area contributed by atoms with Crippen LogP contribution in [0.1, 0.15) is 25.8 Å². The van der Waals surface area contributed by atoms with Crippen molar-refractivity contribution < 1.29 is 19.4 Å². The third kappa shape index (κ3) is 5.63. The van der Waals surface area contributed by atoms with E-state index >= 15 is 0 Å². The topological polar surface area (TPSA) is 75.6 Å². The number of carboxylic acids is 1. The van der Waals surface area contributed by atoms with Gasteiger partial charge in [-0.25, -0.2) is 0 Å². The molecule has 0 saturated heterocycles. The largest absolute Gasteiger partial charge is 0.481 e. The van der Waals surface area contributed by atoms with E-state index in [9.17, 15) is 9.59 Å². The molecular weight excluding hydrogens is 294 g/mol. The van der Waals surface area contributed by atoms with Crippen molar-refractivity contribution in [2.45, 2.75) is 33.3 Å². The summed E-state index contributed by atoms with van der Waals surface area (Å²) in [4.78, 5) is 22.5. The quantitative estimate of drug-likeness (QED) is 0.811. The first-order valence-electron chi connectivity index (χ1n) is 6.74. The maximum atomic E-state index is 11.9. The molecule has 0 aliphatic heterocycles. The van der Waals surface area contributed by atoms with E-state index in [1.165, 1.54) is 0 Å². The minimum atomic E-state index is -0.870. The highest BCUT2D eigenvalue weighted by molar-refractivity contribution is 6.30. The summed E-state index contributed by atoms with van der Waals surface area (Å²) in [5.41, 5.74) is 0.849. The van der Waals surface area contributed by atoms with E-state index in [0.717, 1.165) is 5.56 Å². The first-order chi connectivity index (χ1) is 9.81. The zero-order valence-electron chi connectivity index (χ0n) is 12.4. The van der Waals surface area contributed by atoms with E-state index in [4.69, 9.17) is 21.4 Å². The van der Waals surface area contributed by atoms with Crippen LogP contribution in [0.5, 0.6) is 5.75 Å².